The average Bonchev–Trinajstić information content (AvgIpc) is 3.07. The van der Waals surface area contributed by atoms with E-state index in [0.717, 1.165) is 62.7 Å². The highest BCUT2D eigenvalue weighted by Gasteiger charge is 2.28. The first-order valence-electron chi connectivity index (χ1n) is 9.43. The van der Waals surface area contributed by atoms with E-state index in [1.807, 2.05) is 0 Å². The average molecular weight is 373 g/mol. The van der Waals surface area contributed by atoms with E-state index in [2.05, 4.69) is 15.4 Å². The SMILES string of the molecule is Cc1ccc(C(=O)NC2CCc3onc(CN4CCOCC4)c3C2)cc1F. The molecule has 2 heterocycles. The van der Waals surface area contributed by atoms with Crippen LogP contribution >= 0.6 is 0 Å². The molecule has 1 atom stereocenters. The van der Waals surface area contributed by atoms with Crippen molar-refractivity contribution < 1.29 is 18.4 Å². The number of nitrogens with one attached hydrogen (secondary N) is 1. The monoisotopic (exact) mass is 373 g/mol. The van der Waals surface area contributed by atoms with Gasteiger partial charge in [-0.25, -0.2) is 4.39 Å². The number of hydrogen-bond donors (Lipinski definition) is 1. The smallest absolute Gasteiger partial charge is 0.251 e. The second kappa shape index (κ2) is 7.78. The first-order chi connectivity index (χ1) is 13.1. The second-order valence-electron chi connectivity index (χ2n) is 7.30. The van der Waals surface area contributed by atoms with E-state index in [-0.39, 0.29) is 17.8 Å². The molecule has 0 saturated carbocycles. The summed E-state index contributed by atoms with van der Waals surface area (Å²) in [6, 6.07) is 4.58. The van der Waals surface area contributed by atoms with Crippen LogP contribution in [0.4, 0.5) is 4.39 Å². The zero-order valence-electron chi connectivity index (χ0n) is 15.5. The van der Waals surface area contributed by atoms with Crippen molar-refractivity contribution in [3.8, 4) is 0 Å². The van der Waals surface area contributed by atoms with Gasteiger partial charge in [0.25, 0.3) is 5.91 Å². The predicted octanol–water partition coefficient (Wildman–Crippen LogP) is 2.24. The molecule has 4 rings (SSSR count). The topological polar surface area (TPSA) is 67.6 Å². The van der Waals surface area contributed by atoms with Crippen LogP contribution in [0.2, 0.25) is 0 Å². The minimum Gasteiger partial charge on any atom is -0.379 e. The number of nitrogens with zero attached hydrogens (tertiary/aromatic N) is 2. The number of aryl methyl sites for hydroxylation is 2. The van der Waals surface area contributed by atoms with E-state index in [9.17, 15) is 9.18 Å². The molecule has 27 heavy (non-hydrogen) atoms. The minimum absolute atomic E-state index is 0.00259. The Morgan fingerprint density at radius 3 is 2.96 bits per heavy atom. The van der Waals surface area contributed by atoms with Crippen molar-refractivity contribution in [3.05, 3.63) is 52.2 Å². The van der Waals surface area contributed by atoms with E-state index in [4.69, 9.17) is 9.26 Å². The van der Waals surface area contributed by atoms with Gasteiger partial charge in [0.05, 0.1) is 13.2 Å². The van der Waals surface area contributed by atoms with E-state index in [0.29, 0.717) is 17.5 Å². The molecule has 0 bridgehead atoms. The largest absolute Gasteiger partial charge is 0.379 e. The summed E-state index contributed by atoms with van der Waals surface area (Å²) >= 11 is 0. The molecule has 1 N–H and O–H groups in total. The molecule has 2 aliphatic rings. The number of carbonyl (C=O) groups is 1. The molecule has 1 amide bonds. The highest BCUT2D eigenvalue weighted by molar-refractivity contribution is 5.94. The van der Waals surface area contributed by atoms with Gasteiger partial charge in [0.15, 0.2) is 0 Å². The third kappa shape index (κ3) is 4.04. The molecular weight excluding hydrogens is 349 g/mol. The number of ether oxygens (including phenoxy) is 1. The van der Waals surface area contributed by atoms with Crippen LogP contribution in [0.15, 0.2) is 22.7 Å². The van der Waals surface area contributed by atoms with Gasteiger partial charge in [-0.3, -0.25) is 9.69 Å². The molecule has 0 spiro atoms. The summed E-state index contributed by atoms with van der Waals surface area (Å²) in [5.74, 6) is 0.319. The van der Waals surface area contributed by atoms with Crippen molar-refractivity contribution in [1.29, 1.82) is 0 Å². The van der Waals surface area contributed by atoms with Crippen LogP contribution in [0.25, 0.3) is 0 Å². The van der Waals surface area contributed by atoms with Crippen molar-refractivity contribution in [3.63, 3.8) is 0 Å². The van der Waals surface area contributed by atoms with Gasteiger partial charge in [-0.2, -0.15) is 0 Å². The molecule has 144 valence electrons. The van der Waals surface area contributed by atoms with E-state index in [1.54, 1.807) is 19.1 Å². The van der Waals surface area contributed by atoms with Crippen molar-refractivity contribution in [2.45, 2.75) is 38.8 Å². The number of carbonyl (C=O) groups excluding carboxylic acids is 1. The molecule has 1 aromatic heterocycles. The number of halogens is 1. The Kier molecular flexibility index (Phi) is 5.22. The number of morpholine rings is 1. The maximum atomic E-state index is 13.7. The van der Waals surface area contributed by atoms with Crippen LogP contribution in [0.3, 0.4) is 0 Å². The quantitative estimate of drug-likeness (QED) is 0.890. The lowest BCUT2D eigenvalue weighted by Gasteiger charge is -2.27. The Labute approximate surface area is 157 Å². The lowest BCUT2D eigenvalue weighted by molar-refractivity contribution is 0.0331. The van der Waals surface area contributed by atoms with Gasteiger partial charge in [-0.05, 0) is 37.5 Å². The zero-order chi connectivity index (χ0) is 18.8. The predicted molar refractivity (Wildman–Crippen MR) is 97.0 cm³/mol. The molecule has 1 saturated heterocycles. The molecule has 1 unspecified atom stereocenters. The van der Waals surface area contributed by atoms with E-state index >= 15 is 0 Å². The van der Waals surface area contributed by atoms with Crippen molar-refractivity contribution >= 4 is 5.91 Å². The normalized spacial score (nSPS) is 20.3. The van der Waals surface area contributed by atoms with E-state index < -0.39 is 0 Å². The van der Waals surface area contributed by atoms with Gasteiger partial charge in [0.1, 0.15) is 17.3 Å². The Balaban J connectivity index is 1.42. The Hall–Kier alpha value is -2.25. The number of hydrogen-bond acceptors (Lipinski definition) is 5. The standard InChI is InChI=1S/C20H24FN3O3/c1-13-2-3-14(10-17(13)21)20(25)22-15-4-5-19-16(11-15)18(23-27-19)12-24-6-8-26-9-7-24/h2-3,10,15H,4-9,11-12H2,1H3,(H,22,25). The Morgan fingerprint density at radius 2 is 2.19 bits per heavy atom. The maximum Gasteiger partial charge on any atom is 0.251 e. The van der Waals surface area contributed by atoms with Crippen LogP contribution in [0.1, 0.15) is 39.4 Å². The third-order valence-electron chi connectivity index (χ3n) is 5.37. The summed E-state index contributed by atoms with van der Waals surface area (Å²) in [5, 5.41) is 7.30. The minimum atomic E-state index is -0.361. The molecule has 1 fully saturated rings. The van der Waals surface area contributed by atoms with Crippen LogP contribution in [0, 0.1) is 12.7 Å². The fourth-order valence-electron chi connectivity index (χ4n) is 3.68. The summed E-state index contributed by atoms with van der Waals surface area (Å²) in [7, 11) is 0. The molecule has 2 aromatic rings. The van der Waals surface area contributed by atoms with Gasteiger partial charge < -0.3 is 14.6 Å². The van der Waals surface area contributed by atoms with Gasteiger partial charge >= 0.3 is 0 Å². The molecule has 1 aromatic carbocycles. The van der Waals surface area contributed by atoms with Gasteiger partial charge in [-0.1, -0.05) is 11.2 Å². The van der Waals surface area contributed by atoms with Crippen LogP contribution in [0.5, 0.6) is 0 Å². The second-order valence-corrected chi connectivity index (χ2v) is 7.30. The number of amides is 1. The molecule has 1 aliphatic carbocycles. The summed E-state index contributed by atoms with van der Waals surface area (Å²) in [6.45, 7) is 5.69. The number of rotatable bonds is 4. The zero-order valence-corrected chi connectivity index (χ0v) is 15.5. The van der Waals surface area contributed by atoms with Crippen LogP contribution < -0.4 is 5.32 Å². The van der Waals surface area contributed by atoms with Crippen LogP contribution in [-0.4, -0.2) is 48.3 Å². The highest BCUT2D eigenvalue weighted by atomic mass is 19.1. The fraction of sp³-hybridized carbons (Fsp3) is 0.500. The lowest BCUT2D eigenvalue weighted by atomic mass is 9.91. The van der Waals surface area contributed by atoms with Gasteiger partial charge in [0, 0.05) is 43.2 Å². The van der Waals surface area contributed by atoms with Crippen LogP contribution in [-0.2, 0) is 24.1 Å². The summed E-state index contributed by atoms with van der Waals surface area (Å²) in [4.78, 5) is 14.8. The van der Waals surface area contributed by atoms with Crippen molar-refractivity contribution in [2.75, 3.05) is 26.3 Å². The maximum absolute atomic E-state index is 13.7. The molecule has 0 radical (unpaired) electrons. The summed E-state index contributed by atoms with van der Waals surface area (Å²) in [5.41, 5.74) is 2.94. The summed E-state index contributed by atoms with van der Waals surface area (Å²) in [6.07, 6.45) is 2.23. The van der Waals surface area contributed by atoms with E-state index in [1.165, 1.54) is 6.07 Å². The van der Waals surface area contributed by atoms with Crippen molar-refractivity contribution in [1.82, 2.24) is 15.4 Å². The van der Waals surface area contributed by atoms with Gasteiger partial charge in [-0.15, -0.1) is 0 Å². The molecular formula is C20H24FN3O3. The number of fused-ring (bicyclic) bond motifs is 1. The lowest BCUT2D eigenvalue weighted by Crippen LogP contribution is -2.39. The van der Waals surface area contributed by atoms with Crippen molar-refractivity contribution in [2.24, 2.45) is 0 Å². The first-order valence-corrected chi connectivity index (χ1v) is 9.43. The number of aromatic nitrogens is 1. The third-order valence-corrected chi connectivity index (χ3v) is 5.37. The molecule has 1 aliphatic heterocycles. The number of benzene rings is 1. The van der Waals surface area contributed by atoms with Gasteiger partial charge in [0.2, 0.25) is 0 Å². The molecule has 6 nitrogen and oxygen atoms in total. The fourth-order valence-corrected chi connectivity index (χ4v) is 3.68. The summed E-state index contributed by atoms with van der Waals surface area (Å²) < 4.78 is 24.7. The highest BCUT2D eigenvalue weighted by Crippen LogP contribution is 2.26. The Morgan fingerprint density at radius 1 is 1.37 bits per heavy atom. The Bertz CT molecular complexity index is 830. The molecule has 7 heteroatoms. The first kappa shape index (κ1) is 18.1.